The Hall–Kier alpha value is -3.82. The van der Waals surface area contributed by atoms with Crippen LogP contribution in [-0.2, 0) is 16.1 Å². The van der Waals surface area contributed by atoms with Crippen LogP contribution in [0.1, 0.15) is 49.8 Å². The Labute approximate surface area is 206 Å². The van der Waals surface area contributed by atoms with E-state index < -0.39 is 6.36 Å². The van der Waals surface area contributed by atoms with Crippen molar-refractivity contribution in [3.05, 3.63) is 71.6 Å². The number of para-hydroxylation sites is 1. The minimum Gasteiger partial charge on any atom is -0.472 e. The first kappa shape index (κ1) is 25.3. The molecule has 0 spiro atoms. The second-order valence-electron chi connectivity index (χ2n) is 8.36. The zero-order valence-corrected chi connectivity index (χ0v) is 19.7. The SMILES string of the molecule is CCOC(=O)C=C1CCC(c2ccc(-c3cc(OCc4ccccc4OC(F)(F)F)n[nH]3)cn2)CC1. The summed E-state index contributed by atoms with van der Waals surface area (Å²) in [5.41, 5.74) is 3.83. The topological polar surface area (TPSA) is 86.3 Å². The number of carbonyl (C=O) groups excluding carboxylic acids is 1. The van der Waals surface area contributed by atoms with Crippen LogP contribution in [0.15, 0.2) is 60.3 Å². The van der Waals surface area contributed by atoms with Gasteiger partial charge in [-0.1, -0.05) is 23.8 Å². The average molecular weight is 502 g/mol. The number of nitrogens with one attached hydrogen (secondary N) is 1. The van der Waals surface area contributed by atoms with Crippen molar-refractivity contribution in [2.24, 2.45) is 0 Å². The highest BCUT2D eigenvalue weighted by atomic mass is 19.4. The third-order valence-corrected chi connectivity index (χ3v) is 5.88. The zero-order valence-electron chi connectivity index (χ0n) is 19.7. The van der Waals surface area contributed by atoms with Crippen molar-refractivity contribution in [2.75, 3.05) is 6.61 Å². The van der Waals surface area contributed by atoms with Crippen LogP contribution in [0.25, 0.3) is 11.3 Å². The second-order valence-corrected chi connectivity index (χ2v) is 8.36. The smallest absolute Gasteiger partial charge is 0.472 e. The Balaban J connectivity index is 1.34. The first-order valence-electron chi connectivity index (χ1n) is 11.6. The lowest BCUT2D eigenvalue weighted by Gasteiger charge is -2.23. The third-order valence-electron chi connectivity index (χ3n) is 5.88. The molecule has 1 aromatic carbocycles. The number of hydrogen-bond donors (Lipinski definition) is 1. The molecule has 0 bridgehead atoms. The van der Waals surface area contributed by atoms with E-state index in [1.165, 1.54) is 18.2 Å². The fourth-order valence-corrected chi connectivity index (χ4v) is 4.11. The molecule has 10 heteroatoms. The fraction of sp³-hybridized carbons (Fsp3) is 0.346. The summed E-state index contributed by atoms with van der Waals surface area (Å²) in [6.07, 6.45) is 2.09. The van der Waals surface area contributed by atoms with Gasteiger partial charge in [0.25, 0.3) is 0 Å². The number of rotatable bonds is 8. The molecule has 1 aliphatic rings. The van der Waals surface area contributed by atoms with Crippen molar-refractivity contribution in [2.45, 2.75) is 51.5 Å². The first-order chi connectivity index (χ1) is 17.3. The second kappa shape index (κ2) is 11.3. The predicted molar refractivity (Wildman–Crippen MR) is 125 cm³/mol. The Morgan fingerprint density at radius 1 is 1.17 bits per heavy atom. The Bertz CT molecular complexity index is 1200. The molecular weight excluding hydrogens is 475 g/mol. The predicted octanol–water partition coefficient (Wildman–Crippen LogP) is 6.10. The fourth-order valence-electron chi connectivity index (χ4n) is 4.11. The average Bonchev–Trinajstić information content (AvgIpc) is 3.32. The molecule has 3 aromatic rings. The highest BCUT2D eigenvalue weighted by molar-refractivity contribution is 5.82. The van der Waals surface area contributed by atoms with E-state index in [4.69, 9.17) is 9.47 Å². The number of alkyl halides is 3. The normalized spacial score (nSPS) is 15.9. The largest absolute Gasteiger partial charge is 0.573 e. The van der Waals surface area contributed by atoms with Gasteiger partial charge in [-0.25, -0.2) is 4.79 Å². The van der Waals surface area contributed by atoms with Gasteiger partial charge in [0.05, 0.1) is 12.3 Å². The molecule has 0 saturated heterocycles. The van der Waals surface area contributed by atoms with Crippen LogP contribution in [0.3, 0.4) is 0 Å². The monoisotopic (exact) mass is 501 g/mol. The van der Waals surface area contributed by atoms with Crippen molar-refractivity contribution in [3.63, 3.8) is 0 Å². The summed E-state index contributed by atoms with van der Waals surface area (Å²) in [7, 11) is 0. The molecule has 7 nitrogen and oxygen atoms in total. The molecule has 1 N–H and O–H groups in total. The van der Waals surface area contributed by atoms with Gasteiger partial charge in [0.1, 0.15) is 12.4 Å². The van der Waals surface area contributed by atoms with Crippen LogP contribution in [0.2, 0.25) is 0 Å². The minimum absolute atomic E-state index is 0.137. The maximum Gasteiger partial charge on any atom is 0.573 e. The summed E-state index contributed by atoms with van der Waals surface area (Å²) in [6.45, 7) is 2.02. The number of ether oxygens (including phenoxy) is 3. The molecule has 36 heavy (non-hydrogen) atoms. The van der Waals surface area contributed by atoms with E-state index in [-0.39, 0.29) is 29.8 Å². The van der Waals surface area contributed by atoms with E-state index in [9.17, 15) is 18.0 Å². The van der Waals surface area contributed by atoms with Crippen LogP contribution in [-0.4, -0.2) is 34.1 Å². The molecule has 2 heterocycles. The van der Waals surface area contributed by atoms with Crippen molar-refractivity contribution >= 4 is 5.97 Å². The van der Waals surface area contributed by atoms with Gasteiger partial charge in [0, 0.05) is 41.1 Å². The van der Waals surface area contributed by atoms with Gasteiger partial charge < -0.3 is 14.2 Å². The molecule has 0 unspecified atom stereocenters. The summed E-state index contributed by atoms with van der Waals surface area (Å²) in [6, 6.07) is 11.4. The van der Waals surface area contributed by atoms with Crippen LogP contribution < -0.4 is 9.47 Å². The molecule has 4 rings (SSSR count). The molecule has 1 fully saturated rings. The molecule has 2 aromatic heterocycles. The maximum absolute atomic E-state index is 12.6. The Morgan fingerprint density at radius 3 is 2.64 bits per heavy atom. The third kappa shape index (κ3) is 6.87. The number of carbonyl (C=O) groups is 1. The molecule has 0 amide bonds. The molecule has 1 aliphatic carbocycles. The standard InChI is InChI=1S/C26H26F3N3O4/c1-2-34-25(33)13-17-7-9-18(10-8-17)21-12-11-19(15-30-21)22-14-24(32-31-22)35-16-20-5-3-4-6-23(20)36-26(27,28)29/h3-6,11-15,18H,2,7-10,16H2,1H3,(H,31,32). The van der Waals surface area contributed by atoms with Gasteiger partial charge in [0.2, 0.25) is 5.88 Å². The van der Waals surface area contributed by atoms with Gasteiger partial charge in [0.15, 0.2) is 0 Å². The molecule has 190 valence electrons. The molecule has 0 aliphatic heterocycles. The van der Waals surface area contributed by atoms with Crippen molar-refractivity contribution in [1.29, 1.82) is 0 Å². The van der Waals surface area contributed by atoms with Crippen molar-refractivity contribution in [1.82, 2.24) is 15.2 Å². The number of hydrogen-bond acceptors (Lipinski definition) is 6. The van der Waals surface area contributed by atoms with Crippen LogP contribution in [0, 0.1) is 0 Å². The number of H-pyrrole nitrogens is 1. The Kier molecular flexibility index (Phi) is 7.92. The van der Waals surface area contributed by atoms with Gasteiger partial charge in [-0.15, -0.1) is 18.3 Å². The maximum atomic E-state index is 12.6. The van der Waals surface area contributed by atoms with Crippen LogP contribution in [0.4, 0.5) is 13.2 Å². The summed E-state index contributed by atoms with van der Waals surface area (Å²) in [5.74, 6) is -0.0379. The van der Waals surface area contributed by atoms with Crippen molar-refractivity contribution < 1.29 is 32.2 Å². The number of aromatic amines is 1. The molecule has 0 atom stereocenters. The van der Waals surface area contributed by atoms with E-state index in [0.29, 0.717) is 18.2 Å². The van der Waals surface area contributed by atoms with Crippen LogP contribution >= 0.6 is 0 Å². The van der Waals surface area contributed by atoms with Gasteiger partial charge >= 0.3 is 12.3 Å². The lowest BCUT2D eigenvalue weighted by atomic mass is 9.83. The number of esters is 1. The quantitative estimate of drug-likeness (QED) is 0.297. The lowest BCUT2D eigenvalue weighted by molar-refractivity contribution is -0.275. The zero-order chi connectivity index (χ0) is 25.5. The number of halogens is 3. The minimum atomic E-state index is -4.78. The van der Waals surface area contributed by atoms with Gasteiger partial charge in [-0.05, 0) is 50.8 Å². The molecule has 0 radical (unpaired) electrons. The number of pyridine rings is 1. The highest BCUT2D eigenvalue weighted by Crippen LogP contribution is 2.35. The number of nitrogens with zero attached hydrogens (tertiary/aromatic N) is 2. The van der Waals surface area contributed by atoms with E-state index in [2.05, 4.69) is 19.9 Å². The van der Waals surface area contributed by atoms with Crippen molar-refractivity contribution in [3.8, 4) is 22.9 Å². The summed E-state index contributed by atoms with van der Waals surface area (Å²) in [4.78, 5) is 16.3. The number of aromatic nitrogens is 3. The number of allylic oxidation sites excluding steroid dienone is 1. The van der Waals surface area contributed by atoms with E-state index >= 15 is 0 Å². The van der Waals surface area contributed by atoms with Gasteiger partial charge in [-0.2, -0.15) is 0 Å². The first-order valence-corrected chi connectivity index (χ1v) is 11.6. The van der Waals surface area contributed by atoms with E-state index in [0.717, 1.165) is 42.5 Å². The molecule has 1 saturated carbocycles. The molecular formula is C26H26F3N3O4. The summed E-state index contributed by atoms with van der Waals surface area (Å²) in [5, 5.41) is 6.95. The lowest BCUT2D eigenvalue weighted by Crippen LogP contribution is -2.18. The summed E-state index contributed by atoms with van der Waals surface area (Å²) < 4.78 is 52.4. The summed E-state index contributed by atoms with van der Waals surface area (Å²) >= 11 is 0. The Morgan fingerprint density at radius 2 is 1.94 bits per heavy atom. The van der Waals surface area contributed by atoms with Crippen LogP contribution in [0.5, 0.6) is 11.6 Å². The van der Waals surface area contributed by atoms with Gasteiger partial charge in [-0.3, -0.25) is 10.1 Å². The van der Waals surface area contributed by atoms with E-state index in [1.54, 1.807) is 31.3 Å². The highest BCUT2D eigenvalue weighted by Gasteiger charge is 2.32. The number of benzene rings is 1. The van der Waals surface area contributed by atoms with E-state index in [1.807, 2.05) is 12.1 Å².